The maximum atomic E-state index is 13.5. The summed E-state index contributed by atoms with van der Waals surface area (Å²) in [6.45, 7) is 7.20. The zero-order chi connectivity index (χ0) is 30.4. The van der Waals surface area contributed by atoms with Gasteiger partial charge in [-0.2, -0.15) is 13.2 Å². The van der Waals surface area contributed by atoms with Gasteiger partial charge in [-0.25, -0.2) is 0 Å². The predicted octanol–water partition coefficient (Wildman–Crippen LogP) is 4.19. The van der Waals surface area contributed by atoms with Gasteiger partial charge in [-0.05, 0) is 68.4 Å². The van der Waals surface area contributed by atoms with Gasteiger partial charge in [0.2, 0.25) is 5.91 Å². The first-order chi connectivity index (χ1) is 20.0. The van der Waals surface area contributed by atoms with E-state index in [9.17, 15) is 27.6 Å². The third-order valence-corrected chi connectivity index (χ3v) is 7.82. The van der Waals surface area contributed by atoms with Gasteiger partial charge in [0.25, 0.3) is 11.8 Å². The minimum atomic E-state index is -4.50. The number of carbonyl (C=O) groups is 3. The predicted molar refractivity (Wildman–Crippen MR) is 151 cm³/mol. The number of halogens is 3. The number of carbonyl (C=O) groups excluding carboxylic acids is 3. The molecule has 0 saturated carbocycles. The molecule has 0 aromatic heterocycles. The smallest absolute Gasteiger partial charge is 0.416 e. The van der Waals surface area contributed by atoms with Gasteiger partial charge in [0, 0.05) is 37.8 Å². The molecule has 42 heavy (non-hydrogen) atoms. The van der Waals surface area contributed by atoms with Crippen molar-refractivity contribution in [2.45, 2.75) is 57.5 Å². The van der Waals surface area contributed by atoms with E-state index in [4.69, 9.17) is 9.47 Å². The lowest BCUT2D eigenvalue weighted by Gasteiger charge is -2.42. The molecule has 1 fully saturated rings. The first-order valence-corrected chi connectivity index (χ1v) is 14.2. The SMILES string of the molecule is CCN(CC)CCC(=O)NC[C@@H]1CC[C@H]2[C@H](COc3ccc(NC(=O)c4ccc(C(F)(F)F)cc4)cc3C(=O)N2C)O1. The normalized spacial score (nSPS) is 20.6. The molecular formula is C30H37F3N4O5. The number of fused-ring (bicyclic) bond motifs is 2. The fourth-order valence-corrected chi connectivity index (χ4v) is 5.23. The summed E-state index contributed by atoms with van der Waals surface area (Å²) in [7, 11) is 1.70. The topological polar surface area (TPSA) is 100 Å². The van der Waals surface area contributed by atoms with Gasteiger partial charge in [0.1, 0.15) is 18.5 Å². The van der Waals surface area contributed by atoms with Crippen LogP contribution in [0.4, 0.5) is 18.9 Å². The molecule has 2 aliphatic heterocycles. The molecule has 2 aromatic carbocycles. The Morgan fingerprint density at radius 2 is 1.79 bits per heavy atom. The summed E-state index contributed by atoms with van der Waals surface area (Å²) in [5.74, 6) is -0.613. The van der Waals surface area contributed by atoms with E-state index in [1.807, 2.05) is 0 Å². The first-order valence-electron chi connectivity index (χ1n) is 14.2. The van der Waals surface area contributed by atoms with E-state index in [2.05, 4.69) is 29.4 Å². The molecule has 0 radical (unpaired) electrons. The van der Waals surface area contributed by atoms with E-state index in [0.717, 1.165) is 37.4 Å². The summed E-state index contributed by atoms with van der Waals surface area (Å²) < 4.78 is 50.8. The lowest BCUT2D eigenvalue weighted by Crippen LogP contribution is -2.54. The quantitative estimate of drug-likeness (QED) is 0.455. The molecule has 4 rings (SSSR count). The molecule has 0 aliphatic carbocycles. The van der Waals surface area contributed by atoms with Gasteiger partial charge in [-0.3, -0.25) is 14.4 Å². The molecule has 2 heterocycles. The van der Waals surface area contributed by atoms with Crippen LogP contribution in [-0.2, 0) is 15.7 Å². The monoisotopic (exact) mass is 590 g/mol. The zero-order valence-electron chi connectivity index (χ0n) is 24.0. The highest BCUT2D eigenvalue weighted by Gasteiger charge is 2.39. The van der Waals surface area contributed by atoms with Crippen molar-refractivity contribution in [2.24, 2.45) is 0 Å². The van der Waals surface area contributed by atoms with Crippen molar-refractivity contribution in [3.05, 3.63) is 59.2 Å². The molecule has 2 aromatic rings. The van der Waals surface area contributed by atoms with Crippen molar-refractivity contribution in [3.8, 4) is 5.75 Å². The molecule has 12 heteroatoms. The first kappa shape index (κ1) is 31.3. The second-order valence-corrected chi connectivity index (χ2v) is 10.5. The molecule has 0 unspecified atom stereocenters. The summed E-state index contributed by atoms with van der Waals surface area (Å²) >= 11 is 0. The number of alkyl halides is 3. The summed E-state index contributed by atoms with van der Waals surface area (Å²) in [4.78, 5) is 42.3. The Balaban J connectivity index is 1.37. The highest BCUT2D eigenvalue weighted by Crippen LogP contribution is 2.32. The van der Waals surface area contributed by atoms with Gasteiger partial charge in [0.05, 0.1) is 23.3 Å². The second-order valence-electron chi connectivity index (χ2n) is 10.5. The summed E-state index contributed by atoms with van der Waals surface area (Å²) in [5, 5.41) is 5.60. The van der Waals surface area contributed by atoms with E-state index in [-0.39, 0.29) is 41.7 Å². The number of rotatable bonds is 9. The number of anilines is 1. The number of likely N-dealkylation sites (N-methyl/N-ethyl adjacent to an activating group) is 1. The standard InChI is InChI=1S/C30H37F3N4O5/c1-4-37(5-2)15-14-27(38)34-17-22-11-12-24-26(42-22)18-41-25-13-10-21(16-23(25)29(40)36(24)3)35-28(39)19-6-8-20(9-7-19)30(31,32)33/h6-10,13,16,22,24,26H,4-5,11-12,14-15,17-18H2,1-3H3,(H,34,38)(H,35,39)/t22-,24-,26-/m0/s1. The van der Waals surface area contributed by atoms with Crippen LogP contribution in [0.2, 0.25) is 0 Å². The fourth-order valence-electron chi connectivity index (χ4n) is 5.23. The van der Waals surface area contributed by atoms with Crippen molar-refractivity contribution in [2.75, 3.05) is 45.2 Å². The molecular weight excluding hydrogens is 553 g/mol. The van der Waals surface area contributed by atoms with Gasteiger partial charge in [-0.15, -0.1) is 0 Å². The molecule has 2 aliphatic rings. The summed E-state index contributed by atoms with van der Waals surface area (Å²) in [5.41, 5.74) is -0.245. The van der Waals surface area contributed by atoms with Crippen LogP contribution in [-0.4, -0.2) is 85.6 Å². The maximum Gasteiger partial charge on any atom is 0.416 e. The molecule has 0 spiro atoms. The largest absolute Gasteiger partial charge is 0.490 e. The maximum absolute atomic E-state index is 13.5. The Morgan fingerprint density at radius 3 is 2.45 bits per heavy atom. The Kier molecular flexibility index (Phi) is 10.1. The van der Waals surface area contributed by atoms with E-state index in [0.29, 0.717) is 43.8 Å². The van der Waals surface area contributed by atoms with Crippen LogP contribution in [0.15, 0.2) is 42.5 Å². The number of nitrogens with zero attached hydrogens (tertiary/aromatic N) is 2. The molecule has 3 amide bonds. The zero-order valence-corrected chi connectivity index (χ0v) is 24.0. The van der Waals surface area contributed by atoms with E-state index >= 15 is 0 Å². The summed E-state index contributed by atoms with van der Waals surface area (Å²) in [6.07, 6.45) is -3.35. The van der Waals surface area contributed by atoms with Crippen LogP contribution >= 0.6 is 0 Å². The van der Waals surface area contributed by atoms with Crippen LogP contribution in [0, 0.1) is 0 Å². The number of hydrogen-bond acceptors (Lipinski definition) is 6. The van der Waals surface area contributed by atoms with Crippen molar-refractivity contribution in [1.82, 2.24) is 15.1 Å². The Hall–Kier alpha value is -3.64. The third-order valence-electron chi connectivity index (χ3n) is 7.82. The van der Waals surface area contributed by atoms with E-state index < -0.39 is 23.8 Å². The van der Waals surface area contributed by atoms with Crippen molar-refractivity contribution in [3.63, 3.8) is 0 Å². The van der Waals surface area contributed by atoms with Crippen LogP contribution < -0.4 is 15.4 Å². The highest BCUT2D eigenvalue weighted by atomic mass is 19.4. The minimum Gasteiger partial charge on any atom is -0.490 e. The molecule has 0 bridgehead atoms. The average Bonchev–Trinajstić information content (AvgIpc) is 2.98. The molecule has 9 nitrogen and oxygen atoms in total. The lowest BCUT2D eigenvalue weighted by atomic mass is 9.95. The number of benzene rings is 2. The van der Waals surface area contributed by atoms with Crippen LogP contribution in [0.1, 0.15) is 59.4 Å². The van der Waals surface area contributed by atoms with Gasteiger partial charge < -0.3 is 29.9 Å². The average molecular weight is 591 g/mol. The summed E-state index contributed by atoms with van der Waals surface area (Å²) in [6, 6.07) is 8.27. The Labute approximate surface area is 243 Å². The second kappa shape index (κ2) is 13.6. The Bertz CT molecular complexity index is 1270. The van der Waals surface area contributed by atoms with Gasteiger partial charge >= 0.3 is 6.18 Å². The van der Waals surface area contributed by atoms with Crippen molar-refractivity contribution < 1.29 is 37.0 Å². The molecule has 2 N–H and O–H groups in total. The highest BCUT2D eigenvalue weighted by molar-refractivity contribution is 6.05. The number of amides is 3. The Morgan fingerprint density at radius 1 is 1.07 bits per heavy atom. The van der Waals surface area contributed by atoms with Crippen molar-refractivity contribution in [1.29, 1.82) is 0 Å². The van der Waals surface area contributed by atoms with Gasteiger partial charge in [0.15, 0.2) is 0 Å². The van der Waals surface area contributed by atoms with E-state index in [1.54, 1.807) is 24.1 Å². The van der Waals surface area contributed by atoms with Crippen molar-refractivity contribution >= 4 is 23.4 Å². The van der Waals surface area contributed by atoms with Gasteiger partial charge in [-0.1, -0.05) is 13.8 Å². The van der Waals surface area contributed by atoms with Crippen LogP contribution in [0.3, 0.4) is 0 Å². The number of nitrogens with one attached hydrogen (secondary N) is 2. The fraction of sp³-hybridized carbons (Fsp3) is 0.500. The van der Waals surface area contributed by atoms with Crippen LogP contribution in [0.25, 0.3) is 0 Å². The number of ether oxygens (including phenoxy) is 2. The third kappa shape index (κ3) is 7.60. The molecule has 1 saturated heterocycles. The molecule has 3 atom stereocenters. The van der Waals surface area contributed by atoms with E-state index in [1.165, 1.54) is 6.07 Å². The molecule has 228 valence electrons. The number of hydrogen-bond donors (Lipinski definition) is 2. The minimum absolute atomic E-state index is 0.0241. The van der Waals surface area contributed by atoms with Crippen LogP contribution in [0.5, 0.6) is 5.75 Å². The lowest BCUT2D eigenvalue weighted by molar-refractivity contribution is -0.137.